The average Bonchev–Trinajstić information content (AvgIpc) is 2.28. The predicted molar refractivity (Wildman–Crippen MR) is 60.3 cm³/mol. The van der Waals surface area contributed by atoms with E-state index in [9.17, 15) is 10.2 Å². The Morgan fingerprint density at radius 2 is 1.81 bits per heavy atom. The molecule has 16 heavy (non-hydrogen) atoms. The molecule has 2 unspecified atom stereocenters. The fraction of sp³-hybridized carbons (Fsp3) is 1.00. The van der Waals surface area contributed by atoms with Crippen LogP contribution in [0.1, 0.15) is 6.92 Å². The van der Waals surface area contributed by atoms with Gasteiger partial charge in [0, 0.05) is 5.75 Å². The van der Waals surface area contributed by atoms with Crippen LogP contribution in [0.3, 0.4) is 0 Å². The number of rotatable bonds is 9. The largest absolute Gasteiger partial charge is 0.394 e. The third-order valence-corrected chi connectivity index (χ3v) is 2.08. The number of ether oxygens (including phenoxy) is 2. The van der Waals surface area contributed by atoms with E-state index in [0.29, 0.717) is 5.75 Å². The van der Waals surface area contributed by atoms with E-state index in [1.165, 1.54) is 6.92 Å². The standard InChI is InChI=1S/C9H20O6S/c1-6(12)8(5-11)15-9(7(13)4-10)14-2-3-16/h6-13,16H,2-5H2,1H3/t6-,7-,8?,9?/m0/s1. The van der Waals surface area contributed by atoms with Crippen LogP contribution in [-0.4, -0.2) is 70.6 Å². The second-order valence-electron chi connectivity index (χ2n) is 3.31. The van der Waals surface area contributed by atoms with E-state index in [1.807, 2.05) is 0 Å². The SMILES string of the molecule is C[C@H](O)C(CO)OC(OCCS)[C@@H](O)CO. The first-order chi connectivity index (χ1) is 7.56. The molecule has 0 aliphatic carbocycles. The van der Waals surface area contributed by atoms with Gasteiger partial charge in [-0.25, -0.2) is 0 Å². The summed E-state index contributed by atoms with van der Waals surface area (Å²) in [6.07, 6.45) is -4.10. The third kappa shape index (κ3) is 6.00. The summed E-state index contributed by atoms with van der Waals surface area (Å²) in [5, 5.41) is 36.3. The molecule has 0 aromatic carbocycles. The molecular formula is C9H20O6S. The first-order valence-corrected chi connectivity index (χ1v) is 5.65. The van der Waals surface area contributed by atoms with E-state index in [0.717, 1.165) is 0 Å². The van der Waals surface area contributed by atoms with Crippen LogP contribution in [0.5, 0.6) is 0 Å². The smallest absolute Gasteiger partial charge is 0.186 e. The van der Waals surface area contributed by atoms with Crippen LogP contribution in [0.4, 0.5) is 0 Å². The number of hydrogen-bond acceptors (Lipinski definition) is 7. The van der Waals surface area contributed by atoms with Gasteiger partial charge in [0.05, 0.1) is 25.9 Å². The first-order valence-electron chi connectivity index (χ1n) is 5.02. The summed E-state index contributed by atoms with van der Waals surface area (Å²) in [5.41, 5.74) is 0. The lowest BCUT2D eigenvalue weighted by molar-refractivity contribution is -0.238. The number of hydrogen-bond donors (Lipinski definition) is 5. The highest BCUT2D eigenvalue weighted by Gasteiger charge is 2.26. The zero-order valence-corrected chi connectivity index (χ0v) is 10.1. The van der Waals surface area contributed by atoms with E-state index < -0.39 is 37.8 Å². The van der Waals surface area contributed by atoms with Crippen LogP contribution in [0.15, 0.2) is 0 Å². The predicted octanol–water partition coefficient (Wildman–Crippen LogP) is -1.63. The van der Waals surface area contributed by atoms with Gasteiger partial charge in [-0.05, 0) is 6.92 Å². The summed E-state index contributed by atoms with van der Waals surface area (Å²) in [4.78, 5) is 0. The molecule has 0 radical (unpaired) electrons. The molecule has 7 heteroatoms. The lowest BCUT2D eigenvalue weighted by atomic mass is 10.2. The molecule has 0 aliphatic rings. The molecule has 0 amide bonds. The van der Waals surface area contributed by atoms with E-state index in [1.54, 1.807) is 0 Å². The van der Waals surface area contributed by atoms with Crippen molar-refractivity contribution in [2.75, 3.05) is 25.6 Å². The van der Waals surface area contributed by atoms with Gasteiger partial charge in [0.1, 0.15) is 12.2 Å². The minimum atomic E-state index is -1.23. The van der Waals surface area contributed by atoms with Gasteiger partial charge in [0.2, 0.25) is 0 Å². The van der Waals surface area contributed by atoms with Crippen LogP contribution in [-0.2, 0) is 9.47 Å². The molecule has 0 saturated carbocycles. The average molecular weight is 256 g/mol. The maximum Gasteiger partial charge on any atom is 0.186 e. The lowest BCUT2D eigenvalue weighted by Gasteiger charge is -2.27. The highest BCUT2D eigenvalue weighted by Crippen LogP contribution is 2.09. The summed E-state index contributed by atoms with van der Waals surface area (Å²) in [6.45, 7) is 0.733. The monoisotopic (exact) mass is 256 g/mol. The van der Waals surface area contributed by atoms with Gasteiger partial charge in [-0.15, -0.1) is 0 Å². The summed E-state index contributed by atoms with van der Waals surface area (Å²) in [7, 11) is 0. The maximum absolute atomic E-state index is 9.38. The number of thiol groups is 1. The van der Waals surface area contributed by atoms with Crippen molar-refractivity contribution in [3.8, 4) is 0 Å². The quantitative estimate of drug-likeness (QED) is 0.251. The minimum Gasteiger partial charge on any atom is -0.394 e. The molecule has 0 aromatic heterocycles. The Bertz CT molecular complexity index is 168. The zero-order chi connectivity index (χ0) is 12.6. The second kappa shape index (κ2) is 9.17. The van der Waals surface area contributed by atoms with Gasteiger partial charge < -0.3 is 29.9 Å². The second-order valence-corrected chi connectivity index (χ2v) is 3.76. The molecule has 4 N–H and O–H groups in total. The molecule has 0 saturated heterocycles. The van der Waals surface area contributed by atoms with Crippen LogP contribution < -0.4 is 0 Å². The van der Waals surface area contributed by atoms with Crippen LogP contribution in [0, 0.1) is 0 Å². The molecular weight excluding hydrogens is 236 g/mol. The molecule has 0 spiro atoms. The van der Waals surface area contributed by atoms with Gasteiger partial charge in [-0.3, -0.25) is 0 Å². The first kappa shape index (κ1) is 16.1. The lowest BCUT2D eigenvalue weighted by Crippen LogP contribution is -2.42. The summed E-state index contributed by atoms with van der Waals surface area (Å²) < 4.78 is 10.2. The zero-order valence-electron chi connectivity index (χ0n) is 9.19. The Labute approximate surface area is 100 Å². The van der Waals surface area contributed by atoms with E-state index in [2.05, 4.69) is 12.6 Å². The Morgan fingerprint density at radius 3 is 2.19 bits per heavy atom. The molecule has 0 fully saturated rings. The maximum atomic E-state index is 9.38. The van der Waals surface area contributed by atoms with E-state index in [4.69, 9.17) is 19.7 Å². The van der Waals surface area contributed by atoms with Crippen molar-refractivity contribution in [1.29, 1.82) is 0 Å². The van der Waals surface area contributed by atoms with Gasteiger partial charge in [-0.2, -0.15) is 12.6 Å². The topological polar surface area (TPSA) is 99.4 Å². The van der Waals surface area contributed by atoms with Gasteiger partial charge >= 0.3 is 0 Å². The molecule has 0 aromatic rings. The van der Waals surface area contributed by atoms with E-state index in [-0.39, 0.29) is 6.61 Å². The van der Waals surface area contributed by atoms with Crippen molar-refractivity contribution in [2.45, 2.75) is 31.5 Å². The highest BCUT2D eigenvalue weighted by atomic mass is 32.1. The van der Waals surface area contributed by atoms with Crippen molar-refractivity contribution in [1.82, 2.24) is 0 Å². The van der Waals surface area contributed by atoms with Crippen molar-refractivity contribution >= 4 is 12.6 Å². The van der Waals surface area contributed by atoms with Crippen LogP contribution in [0.2, 0.25) is 0 Å². The molecule has 0 rings (SSSR count). The Kier molecular flexibility index (Phi) is 9.24. The highest BCUT2D eigenvalue weighted by molar-refractivity contribution is 7.80. The summed E-state index contributed by atoms with van der Waals surface area (Å²) in [6, 6.07) is 0. The minimum absolute atomic E-state index is 0.225. The molecule has 0 bridgehead atoms. The van der Waals surface area contributed by atoms with Gasteiger partial charge in [0.15, 0.2) is 6.29 Å². The van der Waals surface area contributed by atoms with Crippen molar-refractivity contribution in [3.05, 3.63) is 0 Å². The van der Waals surface area contributed by atoms with E-state index >= 15 is 0 Å². The number of aliphatic hydroxyl groups excluding tert-OH is 4. The third-order valence-electron chi connectivity index (χ3n) is 1.90. The number of aliphatic hydroxyl groups is 4. The van der Waals surface area contributed by atoms with Crippen molar-refractivity contribution < 1.29 is 29.9 Å². The van der Waals surface area contributed by atoms with Gasteiger partial charge in [-0.1, -0.05) is 0 Å². The normalized spacial score (nSPS) is 19.1. The summed E-state index contributed by atoms with van der Waals surface area (Å²) >= 11 is 3.92. The molecule has 0 aliphatic heterocycles. The Morgan fingerprint density at radius 1 is 1.19 bits per heavy atom. The molecule has 6 nitrogen and oxygen atoms in total. The van der Waals surface area contributed by atoms with Crippen LogP contribution in [0.25, 0.3) is 0 Å². The molecule has 98 valence electrons. The van der Waals surface area contributed by atoms with Crippen molar-refractivity contribution in [3.63, 3.8) is 0 Å². The van der Waals surface area contributed by atoms with Crippen LogP contribution >= 0.6 is 12.6 Å². The molecule has 4 atom stereocenters. The summed E-state index contributed by atoms with van der Waals surface area (Å²) in [5.74, 6) is 0.427. The van der Waals surface area contributed by atoms with Crippen molar-refractivity contribution in [2.24, 2.45) is 0 Å². The Balaban J connectivity index is 4.27. The van der Waals surface area contributed by atoms with Gasteiger partial charge in [0.25, 0.3) is 0 Å². The molecule has 0 heterocycles. The Hall–Kier alpha value is 0.110. The fourth-order valence-electron chi connectivity index (χ4n) is 0.978. The fourth-order valence-corrected chi connectivity index (χ4v) is 1.08.